The molecule has 0 amide bonds. The molecule has 2 aromatic rings. The second kappa shape index (κ2) is 5.49. The summed E-state index contributed by atoms with van der Waals surface area (Å²) in [7, 11) is 0. The quantitative estimate of drug-likeness (QED) is 0.772. The first-order valence-corrected chi connectivity index (χ1v) is 6.04. The lowest BCUT2D eigenvalue weighted by Gasteiger charge is -1.98. The van der Waals surface area contributed by atoms with Gasteiger partial charge in [0.25, 0.3) is 0 Å². The van der Waals surface area contributed by atoms with Crippen LogP contribution in [0.3, 0.4) is 0 Å². The third-order valence-electron chi connectivity index (χ3n) is 1.96. The first-order chi connectivity index (χ1) is 8.29. The van der Waals surface area contributed by atoms with Crippen LogP contribution >= 0.6 is 11.3 Å². The second-order valence-corrected chi connectivity index (χ2v) is 4.07. The van der Waals surface area contributed by atoms with Gasteiger partial charge in [-0.1, -0.05) is 0 Å². The van der Waals surface area contributed by atoms with Crippen molar-refractivity contribution in [3.63, 3.8) is 0 Å². The fraction of sp³-hybridized carbons (Fsp3) is 0.273. The molecule has 0 N–H and O–H groups in total. The largest absolute Gasteiger partial charge is 0.466 e. The van der Waals surface area contributed by atoms with Gasteiger partial charge in [-0.15, -0.1) is 11.3 Å². The molecule has 2 heterocycles. The van der Waals surface area contributed by atoms with E-state index in [2.05, 4.69) is 15.0 Å². The maximum absolute atomic E-state index is 11.3. The van der Waals surface area contributed by atoms with Gasteiger partial charge in [0.05, 0.1) is 24.9 Å². The Bertz CT molecular complexity index is 498. The molecule has 0 unspecified atom stereocenters. The number of hydrogen-bond donors (Lipinski definition) is 0. The molecule has 6 heteroatoms. The molecular formula is C11H11N3O2S. The minimum absolute atomic E-state index is 0.199. The Hall–Kier alpha value is -1.82. The number of hydrogen-bond acceptors (Lipinski definition) is 6. The summed E-state index contributed by atoms with van der Waals surface area (Å²) in [5.74, 6) is -0.261. The topological polar surface area (TPSA) is 65.0 Å². The molecule has 88 valence electrons. The molecular weight excluding hydrogens is 238 g/mol. The standard InChI is InChI=1S/C11H11N3O2S/c1-2-16-10(15)5-8-7-17-11(14-8)9-6-12-3-4-13-9/h3-4,6-7H,2,5H2,1H3. The highest BCUT2D eigenvalue weighted by Crippen LogP contribution is 2.20. The predicted octanol–water partition coefficient (Wildman–Crippen LogP) is 1.71. The molecule has 17 heavy (non-hydrogen) atoms. The number of rotatable bonds is 4. The zero-order valence-electron chi connectivity index (χ0n) is 9.29. The van der Waals surface area contributed by atoms with Gasteiger partial charge in [0.15, 0.2) is 0 Å². The third-order valence-corrected chi connectivity index (χ3v) is 2.88. The zero-order chi connectivity index (χ0) is 12.1. The number of ether oxygens (including phenoxy) is 1. The Morgan fingerprint density at radius 1 is 1.47 bits per heavy atom. The first-order valence-electron chi connectivity index (χ1n) is 5.16. The predicted molar refractivity (Wildman–Crippen MR) is 63.5 cm³/mol. The molecule has 0 saturated carbocycles. The minimum atomic E-state index is -0.261. The van der Waals surface area contributed by atoms with E-state index in [0.29, 0.717) is 18.0 Å². The van der Waals surface area contributed by atoms with Gasteiger partial charge in [-0.25, -0.2) is 4.98 Å². The van der Waals surface area contributed by atoms with Crippen LogP contribution in [0.15, 0.2) is 24.0 Å². The van der Waals surface area contributed by atoms with Crippen molar-refractivity contribution >= 4 is 17.3 Å². The Morgan fingerprint density at radius 2 is 2.35 bits per heavy atom. The molecule has 2 rings (SSSR count). The molecule has 0 fully saturated rings. The van der Waals surface area contributed by atoms with Gasteiger partial charge in [-0.2, -0.15) is 0 Å². The Morgan fingerprint density at radius 3 is 3.06 bits per heavy atom. The lowest BCUT2D eigenvalue weighted by atomic mass is 10.3. The number of carbonyl (C=O) groups is 1. The third kappa shape index (κ3) is 3.07. The fourth-order valence-electron chi connectivity index (χ4n) is 1.28. The molecule has 0 bridgehead atoms. The summed E-state index contributed by atoms with van der Waals surface area (Å²) in [5, 5.41) is 2.60. The molecule has 0 aromatic carbocycles. The van der Waals surface area contributed by atoms with Crippen molar-refractivity contribution in [2.24, 2.45) is 0 Å². The number of thiazole rings is 1. The van der Waals surface area contributed by atoms with Crippen LogP contribution in [-0.2, 0) is 16.0 Å². The molecule has 0 spiro atoms. The van der Waals surface area contributed by atoms with Crippen molar-refractivity contribution in [2.45, 2.75) is 13.3 Å². The molecule has 0 radical (unpaired) electrons. The van der Waals surface area contributed by atoms with E-state index >= 15 is 0 Å². The van der Waals surface area contributed by atoms with Crippen LogP contribution in [0.4, 0.5) is 0 Å². The SMILES string of the molecule is CCOC(=O)Cc1csc(-c2cnccn2)n1. The monoisotopic (exact) mass is 249 g/mol. The molecule has 0 aliphatic heterocycles. The van der Waals surface area contributed by atoms with E-state index in [1.165, 1.54) is 11.3 Å². The lowest BCUT2D eigenvalue weighted by molar-refractivity contribution is -0.142. The van der Waals surface area contributed by atoms with Crippen LogP contribution in [0.2, 0.25) is 0 Å². The maximum Gasteiger partial charge on any atom is 0.311 e. The van der Waals surface area contributed by atoms with E-state index in [4.69, 9.17) is 4.74 Å². The van der Waals surface area contributed by atoms with Crippen molar-refractivity contribution in [3.8, 4) is 10.7 Å². The van der Waals surface area contributed by atoms with Crippen molar-refractivity contribution in [1.82, 2.24) is 15.0 Å². The summed E-state index contributed by atoms with van der Waals surface area (Å²) in [5.41, 5.74) is 1.42. The highest BCUT2D eigenvalue weighted by molar-refractivity contribution is 7.13. The van der Waals surface area contributed by atoms with Gasteiger partial charge in [0.1, 0.15) is 10.7 Å². The van der Waals surface area contributed by atoms with Crippen LogP contribution in [0.25, 0.3) is 10.7 Å². The summed E-state index contributed by atoms with van der Waals surface area (Å²) in [4.78, 5) is 23.7. The van der Waals surface area contributed by atoms with Crippen LogP contribution in [0.1, 0.15) is 12.6 Å². The van der Waals surface area contributed by atoms with Crippen molar-refractivity contribution in [1.29, 1.82) is 0 Å². The Labute approximate surface area is 103 Å². The minimum Gasteiger partial charge on any atom is -0.466 e. The second-order valence-electron chi connectivity index (χ2n) is 3.22. The smallest absolute Gasteiger partial charge is 0.311 e. The molecule has 0 saturated heterocycles. The summed E-state index contributed by atoms with van der Waals surface area (Å²) in [6.07, 6.45) is 5.07. The first kappa shape index (κ1) is 11.7. The number of esters is 1. The molecule has 0 aliphatic carbocycles. The highest BCUT2D eigenvalue weighted by atomic mass is 32.1. The lowest BCUT2D eigenvalue weighted by Crippen LogP contribution is -2.07. The van der Waals surface area contributed by atoms with Gasteiger partial charge in [0, 0.05) is 17.8 Å². The summed E-state index contributed by atoms with van der Waals surface area (Å²) < 4.78 is 4.86. The van der Waals surface area contributed by atoms with E-state index in [9.17, 15) is 4.79 Å². The van der Waals surface area contributed by atoms with E-state index in [-0.39, 0.29) is 12.4 Å². The van der Waals surface area contributed by atoms with Crippen molar-refractivity contribution in [3.05, 3.63) is 29.7 Å². The molecule has 0 atom stereocenters. The molecule has 2 aromatic heterocycles. The average molecular weight is 249 g/mol. The Balaban J connectivity index is 2.09. The summed E-state index contributed by atoms with van der Waals surface area (Å²) >= 11 is 1.44. The number of nitrogens with zero attached hydrogens (tertiary/aromatic N) is 3. The van der Waals surface area contributed by atoms with Crippen LogP contribution < -0.4 is 0 Å². The average Bonchev–Trinajstić information content (AvgIpc) is 2.79. The highest BCUT2D eigenvalue weighted by Gasteiger charge is 2.10. The van der Waals surface area contributed by atoms with Crippen molar-refractivity contribution < 1.29 is 9.53 Å². The van der Waals surface area contributed by atoms with E-state index in [0.717, 1.165) is 5.01 Å². The van der Waals surface area contributed by atoms with Gasteiger partial charge in [-0.3, -0.25) is 14.8 Å². The fourth-order valence-corrected chi connectivity index (χ4v) is 2.06. The van der Waals surface area contributed by atoms with E-state index in [1.54, 1.807) is 25.5 Å². The van der Waals surface area contributed by atoms with Gasteiger partial charge >= 0.3 is 5.97 Å². The van der Waals surface area contributed by atoms with Gasteiger partial charge < -0.3 is 4.74 Å². The van der Waals surface area contributed by atoms with E-state index < -0.39 is 0 Å². The van der Waals surface area contributed by atoms with Crippen LogP contribution in [-0.4, -0.2) is 27.5 Å². The number of aromatic nitrogens is 3. The Kier molecular flexibility index (Phi) is 3.77. The van der Waals surface area contributed by atoms with Crippen LogP contribution in [0.5, 0.6) is 0 Å². The zero-order valence-corrected chi connectivity index (χ0v) is 10.1. The normalized spacial score (nSPS) is 10.2. The summed E-state index contributed by atoms with van der Waals surface area (Å²) in [6.45, 7) is 2.17. The van der Waals surface area contributed by atoms with Gasteiger partial charge in [-0.05, 0) is 6.92 Å². The maximum atomic E-state index is 11.3. The number of carbonyl (C=O) groups excluding carboxylic acids is 1. The van der Waals surface area contributed by atoms with E-state index in [1.807, 2.05) is 5.38 Å². The van der Waals surface area contributed by atoms with Crippen molar-refractivity contribution in [2.75, 3.05) is 6.61 Å². The molecule has 0 aliphatic rings. The summed E-state index contributed by atoms with van der Waals surface area (Å²) in [6, 6.07) is 0. The van der Waals surface area contributed by atoms with Gasteiger partial charge in [0.2, 0.25) is 0 Å². The molecule has 5 nitrogen and oxygen atoms in total. The van der Waals surface area contributed by atoms with Crippen LogP contribution in [0, 0.1) is 0 Å².